The summed E-state index contributed by atoms with van der Waals surface area (Å²) >= 11 is 0. The van der Waals surface area contributed by atoms with Crippen LogP contribution in [0, 0.1) is 5.92 Å². The maximum atomic E-state index is 5.06. The van der Waals surface area contributed by atoms with Gasteiger partial charge in [0.15, 0.2) is 5.96 Å². The van der Waals surface area contributed by atoms with Crippen LogP contribution < -0.4 is 11.5 Å². The van der Waals surface area contributed by atoms with Gasteiger partial charge >= 0.3 is 0 Å². The lowest BCUT2D eigenvalue weighted by Gasteiger charge is -1.89. The summed E-state index contributed by atoms with van der Waals surface area (Å²) in [5.41, 5.74) is 10.1. The van der Waals surface area contributed by atoms with Crippen LogP contribution in [0.15, 0.2) is 17.3 Å². The van der Waals surface area contributed by atoms with Gasteiger partial charge in [0.05, 0.1) is 0 Å². The van der Waals surface area contributed by atoms with Gasteiger partial charge in [0.25, 0.3) is 0 Å². The first-order valence-electron chi connectivity index (χ1n) is 2.88. The first-order valence-corrected chi connectivity index (χ1v) is 2.88. The fourth-order valence-corrected chi connectivity index (χ4v) is 0.301. The molecule has 0 bridgehead atoms. The zero-order valence-corrected chi connectivity index (χ0v) is 5.83. The summed E-state index contributed by atoms with van der Waals surface area (Å²) in [6, 6.07) is 0. The zero-order valence-electron chi connectivity index (χ0n) is 5.83. The lowest BCUT2D eigenvalue weighted by molar-refractivity contribution is 0.829. The van der Waals surface area contributed by atoms with Gasteiger partial charge in [0.1, 0.15) is 0 Å². The molecule has 0 saturated heterocycles. The average molecular weight is 127 g/mol. The second-order valence-electron chi connectivity index (χ2n) is 2.14. The molecule has 0 radical (unpaired) electrons. The minimum absolute atomic E-state index is 0.104. The second-order valence-corrected chi connectivity index (χ2v) is 2.14. The first kappa shape index (κ1) is 8.01. The number of hydrogen-bond acceptors (Lipinski definition) is 1. The molecule has 3 heteroatoms. The topological polar surface area (TPSA) is 64.4 Å². The Balaban J connectivity index is 3.60. The predicted octanol–water partition coefficient (Wildman–Crippen LogP) is 0.430. The summed E-state index contributed by atoms with van der Waals surface area (Å²) in [6.45, 7) is 4.11. The molecule has 0 aliphatic rings. The van der Waals surface area contributed by atoms with Gasteiger partial charge in [-0.3, -0.25) is 0 Å². The van der Waals surface area contributed by atoms with E-state index >= 15 is 0 Å². The van der Waals surface area contributed by atoms with Crippen LogP contribution in [-0.4, -0.2) is 5.96 Å². The Morgan fingerprint density at radius 3 is 2.33 bits per heavy atom. The Hall–Kier alpha value is -0.990. The van der Waals surface area contributed by atoms with E-state index in [1.807, 2.05) is 6.08 Å². The number of nitrogens with two attached hydrogens (primary N) is 2. The number of nitrogens with zero attached hydrogens (tertiary/aromatic N) is 1. The molecule has 0 aromatic heterocycles. The molecular formula is C6H13N3. The third kappa shape index (κ3) is 7.01. The Morgan fingerprint density at radius 2 is 2.00 bits per heavy atom. The summed E-state index contributed by atoms with van der Waals surface area (Å²) in [6.07, 6.45) is 3.53. The van der Waals surface area contributed by atoms with Crippen LogP contribution in [-0.2, 0) is 0 Å². The number of aliphatic imine (C=N–C) groups is 1. The van der Waals surface area contributed by atoms with Crippen molar-refractivity contribution < 1.29 is 0 Å². The Labute approximate surface area is 55.4 Å². The van der Waals surface area contributed by atoms with E-state index < -0.39 is 0 Å². The smallest absolute Gasteiger partial charge is 0.190 e. The van der Waals surface area contributed by atoms with Crippen molar-refractivity contribution in [3.63, 3.8) is 0 Å². The minimum atomic E-state index is 0.104. The van der Waals surface area contributed by atoms with Crippen molar-refractivity contribution in [2.24, 2.45) is 22.4 Å². The molecule has 0 aliphatic carbocycles. The molecule has 0 unspecified atom stereocenters. The standard InChI is InChI=1S/C6H13N3/c1-5(2)3-4-9-6(7)8/h3-5H,1-2H3,(H4,7,8,9). The van der Waals surface area contributed by atoms with Gasteiger partial charge in [0, 0.05) is 6.20 Å². The van der Waals surface area contributed by atoms with Crippen molar-refractivity contribution in [2.75, 3.05) is 0 Å². The molecule has 3 nitrogen and oxygen atoms in total. The summed E-state index contributed by atoms with van der Waals surface area (Å²) in [5.74, 6) is 0.597. The SMILES string of the molecule is CC(C)C=CN=C(N)N. The van der Waals surface area contributed by atoms with Crippen LogP contribution in [0.4, 0.5) is 0 Å². The van der Waals surface area contributed by atoms with Gasteiger partial charge < -0.3 is 11.5 Å². The molecule has 0 aromatic carbocycles. The Bertz CT molecular complexity index is 120. The van der Waals surface area contributed by atoms with Crippen LogP contribution >= 0.6 is 0 Å². The normalized spacial score (nSPS) is 10.6. The summed E-state index contributed by atoms with van der Waals surface area (Å²) in [5, 5.41) is 0. The summed E-state index contributed by atoms with van der Waals surface area (Å²) in [4.78, 5) is 3.66. The second kappa shape index (κ2) is 3.95. The molecule has 0 spiro atoms. The quantitative estimate of drug-likeness (QED) is 0.417. The highest BCUT2D eigenvalue weighted by Crippen LogP contribution is 1.92. The molecule has 0 aliphatic heterocycles. The van der Waals surface area contributed by atoms with E-state index in [1.54, 1.807) is 6.20 Å². The maximum Gasteiger partial charge on any atom is 0.190 e. The Morgan fingerprint density at radius 1 is 1.44 bits per heavy atom. The highest BCUT2D eigenvalue weighted by atomic mass is 15.0. The van der Waals surface area contributed by atoms with Gasteiger partial charge in [0.2, 0.25) is 0 Å². The van der Waals surface area contributed by atoms with E-state index in [0.29, 0.717) is 5.92 Å². The Kier molecular flexibility index (Phi) is 3.51. The van der Waals surface area contributed by atoms with Crippen molar-refractivity contribution >= 4 is 5.96 Å². The highest BCUT2D eigenvalue weighted by Gasteiger charge is 1.80. The summed E-state index contributed by atoms with van der Waals surface area (Å²) in [7, 11) is 0. The molecule has 52 valence electrons. The van der Waals surface area contributed by atoms with Crippen molar-refractivity contribution in [3.8, 4) is 0 Å². The van der Waals surface area contributed by atoms with Gasteiger partial charge in [-0.15, -0.1) is 0 Å². The number of hydrogen-bond donors (Lipinski definition) is 2. The van der Waals surface area contributed by atoms with E-state index in [2.05, 4.69) is 18.8 Å². The van der Waals surface area contributed by atoms with Gasteiger partial charge in [-0.2, -0.15) is 0 Å². The zero-order chi connectivity index (χ0) is 7.28. The molecule has 0 rings (SSSR count). The van der Waals surface area contributed by atoms with Crippen LogP contribution in [0.5, 0.6) is 0 Å². The largest absolute Gasteiger partial charge is 0.370 e. The van der Waals surface area contributed by atoms with Crippen molar-refractivity contribution in [2.45, 2.75) is 13.8 Å². The summed E-state index contributed by atoms with van der Waals surface area (Å²) < 4.78 is 0. The van der Waals surface area contributed by atoms with Crippen molar-refractivity contribution in [1.29, 1.82) is 0 Å². The van der Waals surface area contributed by atoms with E-state index in [4.69, 9.17) is 11.5 Å². The van der Waals surface area contributed by atoms with Crippen molar-refractivity contribution in [1.82, 2.24) is 0 Å². The van der Waals surface area contributed by atoms with E-state index in [9.17, 15) is 0 Å². The molecule has 0 saturated carbocycles. The maximum absolute atomic E-state index is 5.06. The van der Waals surface area contributed by atoms with Gasteiger partial charge in [-0.1, -0.05) is 19.9 Å². The molecule has 9 heavy (non-hydrogen) atoms. The van der Waals surface area contributed by atoms with Gasteiger partial charge in [-0.05, 0) is 5.92 Å². The lowest BCUT2D eigenvalue weighted by atomic mass is 10.2. The molecule has 0 fully saturated rings. The van der Waals surface area contributed by atoms with Crippen molar-refractivity contribution in [3.05, 3.63) is 12.3 Å². The molecule has 0 amide bonds. The monoisotopic (exact) mass is 127 g/mol. The van der Waals surface area contributed by atoms with Crippen LogP contribution in [0.25, 0.3) is 0 Å². The fraction of sp³-hybridized carbons (Fsp3) is 0.500. The van der Waals surface area contributed by atoms with E-state index in [-0.39, 0.29) is 5.96 Å². The average Bonchev–Trinajstić information content (AvgIpc) is 1.63. The number of guanidine groups is 1. The van der Waals surface area contributed by atoms with E-state index in [1.165, 1.54) is 0 Å². The van der Waals surface area contributed by atoms with Gasteiger partial charge in [-0.25, -0.2) is 4.99 Å². The predicted molar refractivity (Wildman–Crippen MR) is 39.8 cm³/mol. The van der Waals surface area contributed by atoms with Crippen LogP contribution in [0.1, 0.15) is 13.8 Å². The number of rotatable bonds is 2. The van der Waals surface area contributed by atoms with Crippen LogP contribution in [0.2, 0.25) is 0 Å². The lowest BCUT2D eigenvalue weighted by Crippen LogP contribution is -2.21. The molecule has 0 aromatic rings. The third-order valence-electron chi connectivity index (χ3n) is 0.695. The minimum Gasteiger partial charge on any atom is -0.370 e. The molecule has 0 heterocycles. The van der Waals surface area contributed by atoms with Crippen LogP contribution in [0.3, 0.4) is 0 Å². The van der Waals surface area contributed by atoms with E-state index in [0.717, 1.165) is 0 Å². The first-order chi connectivity index (χ1) is 4.13. The third-order valence-corrected chi connectivity index (χ3v) is 0.695. The highest BCUT2D eigenvalue weighted by molar-refractivity contribution is 5.76. The fourth-order valence-electron chi connectivity index (χ4n) is 0.301. The molecular weight excluding hydrogens is 114 g/mol. The number of allylic oxidation sites excluding steroid dienone is 1. The molecule has 4 N–H and O–H groups in total. The molecule has 0 atom stereocenters.